The van der Waals surface area contributed by atoms with Crippen LogP contribution in [0.2, 0.25) is 0 Å². The predicted octanol–water partition coefficient (Wildman–Crippen LogP) is 0.994. The molecule has 2 heterocycles. The van der Waals surface area contributed by atoms with E-state index in [1.807, 2.05) is 7.05 Å². The smallest absolute Gasteiger partial charge is 0.191 e. The highest BCUT2D eigenvalue weighted by atomic mass is 16.5. The van der Waals surface area contributed by atoms with E-state index < -0.39 is 0 Å². The van der Waals surface area contributed by atoms with Crippen LogP contribution in [-0.4, -0.2) is 87.4 Å². The molecule has 2 saturated heterocycles. The molecule has 6 heteroatoms. The zero-order valence-electron chi connectivity index (χ0n) is 16.1. The normalized spacial score (nSPS) is 24.3. The summed E-state index contributed by atoms with van der Waals surface area (Å²) in [6.45, 7) is 16.1. The molecule has 0 spiro atoms. The molecular formula is C18H37N5O. The Labute approximate surface area is 148 Å². The highest BCUT2D eigenvalue weighted by Crippen LogP contribution is 2.16. The van der Waals surface area contributed by atoms with Gasteiger partial charge in [0.1, 0.15) is 0 Å². The number of ether oxygens (including phenoxy) is 1. The maximum atomic E-state index is 5.46. The Morgan fingerprint density at radius 2 is 1.96 bits per heavy atom. The lowest BCUT2D eigenvalue weighted by molar-refractivity contribution is -0.00834. The Bertz CT molecular complexity index is 393. The molecule has 2 rings (SSSR count). The van der Waals surface area contributed by atoms with Gasteiger partial charge in [-0.3, -0.25) is 9.89 Å². The van der Waals surface area contributed by atoms with Crippen molar-refractivity contribution in [3.8, 4) is 0 Å². The summed E-state index contributed by atoms with van der Waals surface area (Å²) in [4.78, 5) is 9.46. The Morgan fingerprint density at radius 1 is 1.21 bits per heavy atom. The third kappa shape index (κ3) is 5.90. The first-order valence-corrected chi connectivity index (χ1v) is 9.55. The number of guanidine groups is 1. The van der Waals surface area contributed by atoms with Gasteiger partial charge in [0.15, 0.2) is 5.96 Å². The minimum Gasteiger partial charge on any atom is -0.379 e. The molecule has 2 fully saturated rings. The zero-order chi connectivity index (χ0) is 17.4. The first kappa shape index (κ1) is 19.5. The van der Waals surface area contributed by atoms with Gasteiger partial charge in [0, 0.05) is 45.3 Å². The monoisotopic (exact) mass is 339 g/mol. The van der Waals surface area contributed by atoms with Crippen LogP contribution < -0.4 is 10.6 Å². The van der Waals surface area contributed by atoms with E-state index in [0.717, 1.165) is 51.3 Å². The number of likely N-dealkylation sites (tertiary alicyclic amines) is 1. The molecule has 0 saturated carbocycles. The van der Waals surface area contributed by atoms with Crippen LogP contribution in [0, 0.1) is 5.92 Å². The largest absolute Gasteiger partial charge is 0.379 e. The average Bonchev–Trinajstić information content (AvgIpc) is 3.04. The van der Waals surface area contributed by atoms with Gasteiger partial charge in [-0.25, -0.2) is 0 Å². The van der Waals surface area contributed by atoms with Gasteiger partial charge in [-0.15, -0.1) is 0 Å². The second-order valence-electron chi connectivity index (χ2n) is 7.67. The first-order chi connectivity index (χ1) is 11.5. The Morgan fingerprint density at radius 3 is 2.62 bits per heavy atom. The van der Waals surface area contributed by atoms with Gasteiger partial charge in [0.25, 0.3) is 0 Å². The Hall–Kier alpha value is -0.850. The Balaban J connectivity index is 1.70. The van der Waals surface area contributed by atoms with E-state index in [9.17, 15) is 0 Å². The zero-order valence-corrected chi connectivity index (χ0v) is 16.1. The summed E-state index contributed by atoms with van der Waals surface area (Å²) in [5, 5.41) is 7.03. The number of rotatable bonds is 7. The number of hydrogen-bond acceptors (Lipinski definition) is 4. The van der Waals surface area contributed by atoms with E-state index >= 15 is 0 Å². The van der Waals surface area contributed by atoms with Crippen LogP contribution in [0.1, 0.15) is 33.6 Å². The molecule has 2 N–H and O–H groups in total. The minimum absolute atomic E-state index is 0.104. The molecule has 2 aliphatic rings. The van der Waals surface area contributed by atoms with Crippen LogP contribution in [0.25, 0.3) is 0 Å². The molecule has 0 amide bonds. The lowest BCUT2D eigenvalue weighted by Gasteiger charge is -2.41. The van der Waals surface area contributed by atoms with Crippen LogP contribution >= 0.6 is 0 Å². The molecule has 0 bridgehead atoms. The predicted molar refractivity (Wildman–Crippen MR) is 101 cm³/mol. The van der Waals surface area contributed by atoms with Crippen molar-refractivity contribution in [3.05, 3.63) is 0 Å². The molecule has 1 atom stereocenters. The van der Waals surface area contributed by atoms with E-state index in [4.69, 9.17) is 4.74 Å². The molecule has 0 aliphatic carbocycles. The maximum Gasteiger partial charge on any atom is 0.191 e. The molecule has 24 heavy (non-hydrogen) atoms. The van der Waals surface area contributed by atoms with Crippen molar-refractivity contribution >= 4 is 5.96 Å². The maximum absolute atomic E-state index is 5.46. The minimum atomic E-state index is 0.104. The van der Waals surface area contributed by atoms with Gasteiger partial charge in [-0.1, -0.05) is 6.92 Å². The summed E-state index contributed by atoms with van der Waals surface area (Å²) in [5.41, 5.74) is 0.104. The quantitative estimate of drug-likeness (QED) is 0.535. The third-order valence-corrected chi connectivity index (χ3v) is 5.25. The van der Waals surface area contributed by atoms with Gasteiger partial charge in [0.05, 0.1) is 13.2 Å². The number of hydrogen-bond donors (Lipinski definition) is 2. The fourth-order valence-corrected chi connectivity index (χ4v) is 3.64. The second-order valence-corrected chi connectivity index (χ2v) is 7.67. The van der Waals surface area contributed by atoms with Gasteiger partial charge in [-0.2, -0.15) is 0 Å². The number of nitrogens with zero attached hydrogens (tertiary/aromatic N) is 3. The van der Waals surface area contributed by atoms with Crippen LogP contribution in [0.15, 0.2) is 4.99 Å². The van der Waals surface area contributed by atoms with Crippen molar-refractivity contribution in [2.45, 2.75) is 39.2 Å². The second kappa shape index (κ2) is 9.59. The van der Waals surface area contributed by atoms with Gasteiger partial charge < -0.3 is 20.3 Å². The topological polar surface area (TPSA) is 52.1 Å². The highest BCUT2D eigenvalue weighted by molar-refractivity contribution is 5.79. The van der Waals surface area contributed by atoms with Crippen molar-refractivity contribution < 1.29 is 4.74 Å². The molecule has 140 valence electrons. The number of aliphatic imine (C=N–C) groups is 1. The van der Waals surface area contributed by atoms with Crippen molar-refractivity contribution in [2.75, 3.05) is 66.1 Å². The van der Waals surface area contributed by atoms with Crippen LogP contribution in [0.5, 0.6) is 0 Å². The molecule has 2 aliphatic heterocycles. The summed E-state index contributed by atoms with van der Waals surface area (Å²) >= 11 is 0. The molecule has 0 aromatic heterocycles. The number of nitrogens with one attached hydrogen (secondary N) is 2. The molecule has 1 unspecified atom stereocenters. The fraction of sp³-hybridized carbons (Fsp3) is 0.944. The lowest BCUT2D eigenvalue weighted by Crippen LogP contribution is -2.56. The highest BCUT2D eigenvalue weighted by Gasteiger charge is 2.28. The molecule has 0 radical (unpaired) electrons. The van der Waals surface area contributed by atoms with Crippen molar-refractivity contribution in [1.29, 1.82) is 0 Å². The molecule has 0 aromatic carbocycles. The van der Waals surface area contributed by atoms with E-state index in [1.54, 1.807) is 0 Å². The van der Waals surface area contributed by atoms with E-state index in [1.165, 1.54) is 32.5 Å². The van der Waals surface area contributed by atoms with Gasteiger partial charge in [0.2, 0.25) is 0 Å². The van der Waals surface area contributed by atoms with Gasteiger partial charge >= 0.3 is 0 Å². The van der Waals surface area contributed by atoms with E-state index in [0.29, 0.717) is 0 Å². The first-order valence-electron chi connectivity index (χ1n) is 9.55. The van der Waals surface area contributed by atoms with E-state index in [2.05, 4.69) is 46.2 Å². The summed E-state index contributed by atoms with van der Waals surface area (Å²) in [7, 11) is 1.86. The van der Waals surface area contributed by atoms with Crippen LogP contribution in [0.4, 0.5) is 0 Å². The van der Waals surface area contributed by atoms with Crippen molar-refractivity contribution in [3.63, 3.8) is 0 Å². The molecule has 0 aromatic rings. The van der Waals surface area contributed by atoms with Crippen LogP contribution in [-0.2, 0) is 4.74 Å². The molecule has 6 nitrogen and oxygen atoms in total. The molecular weight excluding hydrogens is 302 g/mol. The third-order valence-electron chi connectivity index (χ3n) is 5.25. The summed E-state index contributed by atoms with van der Waals surface area (Å²) in [6, 6.07) is 0. The van der Waals surface area contributed by atoms with Crippen LogP contribution in [0.3, 0.4) is 0 Å². The SMILES string of the molecule is CCCN1CCC(CNC(=NC)NCC(C)(C)N2CCOCC2)C1. The summed E-state index contributed by atoms with van der Waals surface area (Å²) in [6.07, 6.45) is 2.54. The Kier molecular flexibility index (Phi) is 7.78. The summed E-state index contributed by atoms with van der Waals surface area (Å²) < 4.78 is 5.46. The average molecular weight is 340 g/mol. The van der Waals surface area contributed by atoms with Crippen molar-refractivity contribution in [2.24, 2.45) is 10.9 Å². The van der Waals surface area contributed by atoms with Crippen molar-refractivity contribution in [1.82, 2.24) is 20.4 Å². The fourth-order valence-electron chi connectivity index (χ4n) is 3.64. The standard InChI is InChI=1S/C18H37N5O/c1-5-7-22-8-6-16(14-22)13-20-17(19-4)21-15-18(2,3)23-9-11-24-12-10-23/h16H,5-15H2,1-4H3,(H2,19,20,21). The lowest BCUT2D eigenvalue weighted by atomic mass is 10.0. The number of morpholine rings is 1. The summed E-state index contributed by atoms with van der Waals surface area (Å²) in [5.74, 6) is 1.66. The van der Waals surface area contributed by atoms with Gasteiger partial charge in [-0.05, 0) is 45.7 Å². The van der Waals surface area contributed by atoms with E-state index in [-0.39, 0.29) is 5.54 Å².